The molecule has 0 aliphatic rings. The van der Waals surface area contributed by atoms with Crippen molar-refractivity contribution in [1.82, 2.24) is 0 Å². The highest BCUT2D eigenvalue weighted by Crippen LogP contribution is 2.03. The minimum atomic E-state index is -0.634. The van der Waals surface area contributed by atoms with E-state index in [0.717, 1.165) is 6.42 Å². The van der Waals surface area contributed by atoms with Crippen molar-refractivity contribution in [1.29, 1.82) is 0 Å². The zero-order chi connectivity index (χ0) is 7.28. The van der Waals surface area contributed by atoms with Crippen molar-refractivity contribution in [3.63, 3.8) is 0 Å². The topological polar surface area (TPSA) is 40.5 Å². The summed E-state index contributed by atoms with van der Waals surface area (Å²) >= 11 is 0. The molecule has 0 aromatic rings. The van der Waals surface area contributed by atoms with Crippen molar-refractivity contribution in [2.24, 2.45) is 0 Å². The maximum absolute atomic E-state index is 9.03. The predicted molar refractivity (Wildman–Crippen MR) is 36.9 cm³/mol. The van der Waals surface area contributed by atoms with Gasteiger partial charge in [0.2, 0.25) is 0 Å². The first-order valence-electron chi connectivity index (χ1n) is 3.37. The van der Waals surface area contributed by atoms with Gasteiger partial charge in [0, 0.05) is 0 Å². The molecule has 2 nitrogen and oxygen atoms in total. The van der Waals surface area contributed by atoms with E-state index in [-0.39, 0.29) is 0 Å². The molecular weight excluding hydrogens is 116 g/mol. The van der Waals surface area contributed by atoms with Crippen LogP contribution < -0.4 is 0 Å². The van der Waals surface area contributed by atoms with Gasteiger partial charge in [-0.25, -0.2) is 0 Å². The molecule has 2 atom stereocenters. The van der Waals surface area contributed by atoms with E-state index in [1.54, 1.807) is 0 Å². The van der Waals surface area contributed by atoms with Gasteiger partial charge in [0.05, 0.1) is 12.2 Å². The van der Waals surface area contributed by atoms with Crippen LogP contribution in [0.25, 0.3) is 0 Å². The SMILES string of the molecule is [CH2]CC(O)C(O)CCC. The van der Waals surface area contributed by atoms with Crippen molar-refractivity contribution in [3.8, 4) is 0 Å². The molecule has 0 aliphatic heterocycles. The molecular formula is C7H15O2. The summed E-state index contributed by atoms with van der Waals surface area (Å²) < 4.78 is 0. The highest BCUT2D eigenvalue weighted by atomic mass is 16.3. The number of aliphatic hydroxyl groups excluding tert-OH is 2. The normalized spacial score (nSPS) is 17.3. The molecule has 2 unspecified atom stereocenters. The van der Waals surface area contributed by atoms with E-state index in [9.17, 15) is 0 Å². The van der Waals surface area contributed by atoms with Crippen LogP contribution in [0.1, 0.15) is 26.2 Å². The first kappa shape index (κ1) is 8.92. The van der Waals surface area contributed by atoms with Gasteiger partial charge in [-0.3, -0.25) is 0 Å². The third-order valence-electron chi connectivity index (χ3n) is 1.32. The van der Waals surface area contributed by atoms with Crippen LogP contribution in [0.5, 0.6) is 0 Å². The Kier molecular flexibility index (Phi) is 4.72. The maximum atomic E-state index is 9.03. The van der Waals surface area contributed by atoms with E-state index < -0.39 is 12.2 Å². The summed E-state index contributed by atoms with van der Waals surface area (Å²) in [5.74, 6) is 0. The van der Waals surface area contributed by atoms with Crippen LogP contribution in [0, 0.1) is 6.92 Å². The van der Waals surface area contributed by atoms with Crippen LogP contribution in [0.3, 0.4) is 0 Å². The lowest BCUT2D eigenvalue weighted by molar-refractivity contribution is 0.0160. The Morgan fingerprint density at radius 2 is 1.89 bits per heavy atom. The average Bonchev–Trinajstić information content (AvgIpc) is 1.87. The largest absolute Gasteiger partial charge is 0.390 e. The molecule has 0 aromatic heterocycles. The summed E-state index contributed by atoms with van der Waals surface area (Å²) in [6.45, 7) is 5.45. The van der Waals surface area contributed by atoms with Crippen LogP contribution >= 0.6 is 0 Å². The molecule has 0 rings (SSSR count). The van der Waals surface area contributed by atoms with Crippen molar-refractivity contribution >= 4 is 0 Å². The molecule has 0 aliphatic carbocycles. The molecule has 0 amide bonds. The average molecular weight is 131 g/mol. The zero-order valence-corrected chi connectivity index (χ0v) is 5.88. The molecule has 0 spiro atoms. The smallest absolute Gasteiger partial charge is 0.0799 e. The lowest BCUT2D eigenvalue weighted by atomic mass is 10.1. The van der Waals surface area contributed by atoms with Gasteiger partial charge in [-0.1, -0.05) is 20.3 Å². The molecule has 0 fully saturated rings. The molecule has 2 N–H and O–H groups in total. The molecule has 2 heteroatoms. The van der Waals surface area contributed by atoms with Gasteiger partial charge in [0.15, 0.2) is 0 Å². The fraction of sp³-hybridized carbons (Fsp3) is 0.857. The molecule has 0 saturated heterocycles. The van der Waals surface area contributed by atoms with Gasteiger partial charge < -0.3 is 10.2 Å². The Bertz CT molecular complexity index is 63.9. The van der Waals surface area contributed by atoms with Crippen molar-refractivity contribution in [2.45, 2.75) is 38.4 Å². The van der Waals surface area contributed by atoms with Gasteiger partial charge in [0.1, 0.15) is 0 Å². The van der Waals surface area contributed by atoms with Gasteiger partial charge in [-0.15, -0.1) is 0 Å². The second kappa shape index (κ2) is 4.77. The van der Waals surface area contributed by atoms with Gasteiger partial charge >= 0.3 is 0 Å². The summed E-state index contributed by atoms with van der Waals surface area (Å²) in [6.07, 6.45) is 0.744. The monoisotopic (exact) mass is 131 g/mol. The maximum Gasteiger partial charge on any atom is 0.0799 e. The second-order valence-corrected chi connectivity index (χ2v) is 2.21. The minimum Gasteiger partial charge on any atom is -0.390 e. The van der Waals surface area contributed by atoms with Gasteiger partial charge in [-0.05, 0) is 12.8 Å². The van der Waals surface area contributed by atoms with Crippen LogP contribution in [-0.4, -0.2) is 22.4 Å². The summed E-state index contributed by atoms with van der Waals surface area (Å²) in [4.78, 5) is 0. The zero-order valence-electron chi connectivity index (χ0n) is 5.88. The Hall–Kier alpha value is -0.0800. The van der Waals surface area contributed by atoms with E-state index in [2.05, 4.69) is 6.92 Å². The summed E-state index contributed by atoms with van der Waals surface area (Å²) in [5.41, 5.74) is 0. The summed E-state index contributed by atoms with van der Waals surface area (Å²) in [7, 11) is 0. The standard InChI is InChI=1S/C7H15O2/c1-3-5-7(9)6(8)4-2/h6-9H,2-5H2,1H3. The fourth-order valence-electron chi connectivity index (χ4n) is 0.681. The van der Waals surface area contributed by atoms with Crippen LogP contribution in [0.2, 0.25) is 0 Å². The van der Waals surface area contributed by atoms with E-state index in [1.165, 1.54) is 0 Å². The summed E-state index contributed by atoms with van der Waals surface area (Å²) in [6, 6.07) is 0. The lowest BCUT2D eigenvalue weighted by Crippen LogP contribution is -2.24. The summed E-state index contributed by atoms with van der Waals surface area (Å²) in [5, 5.41) is 18.0. The molecule has 9 heavy (non-hydrogen) atoms. The third kappa shape index (κ3) is 3.49. The molecule has 0 bridgehead atoms. The molecule has 0 aromatic carbocycles. The van der Waals surface area contributed by atoms with Crippen molar-refractivity contribution in [2.75, 3.05) is 0 Å². The lowest BCUT2D eigenvalue weighted by Gasteiger charge is -2.14. The minimum absolute atomic E-state index is 0.390. The highest BCUT2D eigenvalue weighted by Gasteiger charge is 2.11. The Morgan fingerprint density at radius 3 is 2.22 bits per heavy atom. The van der Waals surface area contributed by atoms with Crippen LogP contribution in [-0.2, 0) is 0 Å². The van der Waals surface area contributed by atoms with E-state index in [4.69, 9.17) is 10.2 Å². The van der Waals surface area contributed by atoms with Gasteiger partial charge in [0.25, 0.3) is 0 Å². The second-order valence-electron chi connectivity index (χ2n) is 2.21. The number of aliphatic hydroxyl groups is 2. The molecule has 0 heterocycles. The van der Waals surface area contributed by atoms with E-state index >= 15 is 0 Å². The Balaban J connectivity index is 3.32. The number of hydrogen-bond acceptors (Lipinski definition) is 2. The number of hydrogen-bond donors (Lipinski definition) is 2. The first-order chi connectivity index (χ1) is 4.22. The molecule has 1 radical (unpaired) electrons. The molecule has 0 saturated carbocycles. The van der Waals surface area contributed by atoms with Crippen molar-refractivity contribution in [3.05, 3.63) is 6.92 Å². The fourth-order valence-corrected chi connectivity index (χ4v) is 0.681. The van der Waals surface area contributed by atoms with Crippen molar-refractivity contribution < 1.29 is 10.2 Å². The van der Waals surface area contributed by atoms with E-state index in [1.807, 2.05) is 6.92 Å². The van der Waals surface area contributed by atoms with Gasteiger partial charge in [-0.2, -0.15) is 0 Å². The first-order valence-corrected chi connectivity index (χ1v) is 3.37. The predicted octanol–water partition coefficient (Wildman–Crippen LogP) is 0.732. The Labute approximate surface area is 56.5 Å². The van der Waals surface area contributed by atoms with Crippen LogP contribution in [0.4, 0.5) is 0 Å². The highest BCUT2D eigenvalue weighted by molar-refractivity contribution is 4.66. The van der Waals surface area contributed by atoms with Crippen LogP contribution in [0.15, 0.2) is 0 Å². The number of rotatable bonds is 4. The third-order valence-corrected chi connectivity index (χ3v) is 1.32. The molecule has 55 valence electrons. The van der Waals surface area contributed by atoms with E-state index in [0.29, 0.717) is 12.8 Å². The quantitative estimate of drug-likeness (QED) is 0.590. The Morgan fingerprint density at radius 1 is 1.33 bits per heavy atom.